The molecule has 2 aliphatic rings. The Kier molecular flexibility index (Phi) is 5.82. The van der Waals surface area contributed by atoms with Crippen molar-refractivity contribution in [1.29, 1.82) is 0 Å². The monoisotopic (exact) mass is 329 g/mol. The number of nitrogens with two attached hydrogens (primary N) is 1. The van der Waals surface area contributed by atoms with E-state index in [0.717, 1.165) is 43.1 Å². The van der Waals surface area contributed by atoms with Crippen LogP contribution in [-0.4, -0.2) is 43.7 Å². The van der Waals surface area contributed by atoms with Crippen molar-refractivity contribution in [2.24, 2.45) is 5.73 Å². The summed E-state index contributed by atoms with van der Waals surface area (Å²) in [6.07, 6.45) is 0.785. The molecule has 5 nitrogen and oxygen atoms in total. The quantitative estimate of drug-likeness (QED) is 0.795. The molecule has 24 heavy (non-hydrogen) atoms. The van der Waals surface area contributed by atoms with Crippen LogP contribution in [0.2, 0.25) is 0 Å². The molecule has 4 rings (SSSR count). The first kappa shape index (κ1) is 16.9. The molecule has 0 aliphatic carbocycles. The Morgan fingerprint density at radius 2 is 1.58 bits per heavy atom. The van der Waals surface area contributed by atoms with Gasteiger partial charge < -0.3 is 25.1 Å². The van der Waals surface area contributed by atoms with Gasteiger partial charge in [-0.1, -0.05) is 42.5 Å². The molecule has 2 heterocycles. The lowest BCUT2D eigenvalue weighted by atomic mass is 9.99. The summed E-state index contributed by atoms with van der Waals surface area (Å²) in [5.74, 6) is 0.282. The maximum absolute atomic E-state index is 9.82. The van der Waals surface area contributed by atoms with Gasteiger partial charge in [0.25, 0.3) is 0 Å². The summed E-state index contributed by atoms with van der Waals surface area (Å²) in [6.45, 7) is 3.69. The van der Waals surface area contributed by atoms with E-state index in [-0.39, 0.29) is 5.75 Å². The Bertz CT molecular complexity index is 627. The Morgan fingerprint density at radius 1 is 0.958 bits per heavy atom. The van der Waals surface area contributed by atoms with E-state index in [1.165, 1.54) is 0 Å². The summed E-state index contributed by atoms with van der Waals surface area (Å²) in [5.41, 5.74) is 8.44. The molecule has 2 saturated heterocycles. The van der Waals surface area contributed by atoms with Gasteiger partial charge in [0.1, 0.15) is 18.0 Å². The number of hydrogen-bond acceptors (Lipinski definition) is 5. The number of phenolic OH excluding ortho intramolecular Hbond substituents is 1. The molecule has 0 spiro atoms. The molecule has 128 valence electrons. The number of rotatable bonds is 6. The zero-order chi connectivity index (χ0) is 16.8. The van der Waals surface area contributed by atoms with E-state index in [9.17, 15) is 5.11 Å². The van der Waals surface area contributed by atoms with E-state index in [4.69, 9.17) is 19.9 Å². The predicted octanol–water partition coefficient (Wildman–Crippen LogP) is 2.32. The van der Waals surface area contributed by atoms with Gasteiger partial charge in [-0.2, -0.15) is 0 Å². The van der Waals surface area contributed by atoms with Crippen LogP contribution < -0.4 is 5.73 Å². The predicted molar refractivity (Wildman–Crippen MR) is 91.7 cm³/mol. The van der Waals surface area contributed by atoms with Crippen molar-refractivity contribution >= 4 is 0 Å². The van der Waals surface area contributed by atoms with Gasteiger partial charge in [-0.05, 0) is 17.2 Å². The molecule has 0 radical (unpaired) electrons. The molecule has 0 bridgehead atoms. The standard InChI is InChI=1S/C13H13NO.C6H10O3/c14-9-11-7-4-8-12(15)13(11)10-5-2-1-3-6-10;1(5-3-8-5)7-2-6-4-9-6/h1-8,15H,9,14H2;5-6H,1-4H2. The molecule has 0 aromatic heterocycles. The third kappa shape index (κ3) is 5.04. The zero-order valence-corrected chi connectivity index (χ0v) is 13.6. The first-order chi connectivity index (χ1) is 11.8. The minimum Gasteiger partial charge on any atom is -0.507 e. The number of phenols is 1. The van der Waals surface area contributed by atoms with Gasteiger partial charge >= 0.3 is 0 Å². The van der Waals surface area contributed by atoms with Gasteiger partial charge in [0, 0.05) is 12.1 Å². The minimum atomic E-state index is 0.282. The van der Waals surface area contributed by atoms with Crippen molar-refractivity contribution in [2.75, 3.05) is 26.4 Å². The summed E-state index contributed by atoms with van der Waals surface area (Å²) in [5, 5.41) is 9.82. The van der Waals surface area contributed by atoms with Gasteiger partial charge in [0.2, 0.25) is 0 Å². The molecule has 0 saturated carbocycles. The highest BCUT2D eigenvalue weighted by Crippen LogP contribution is 2.31. The second kappa shape index (κ2) is 8.26. The largest absolute Gasteiger partial charge is 0.507 e. The van der Waals surface area contributed by atoms with E-state index in [2.05, 4.69) is 0 Å². The molecular weight excluding hydrogens is 306 g/mol. The summed E-state index contributed by atoms with van der Waals surface area (Å²) < 4.78 is 15.1. The van der Waals surface area contributed by atoms with E-state index in [1.807, 2.05) is 42.5 Å². The Balaban J connectivity index is 0.000000159. The number of aromatic hydroxyl groups is 1. The fourth-order valence-corrected chi connectivity index (χ4v) is 2.35. The van der Waals surface area contributed by atoms with E-state index in [1.54, 1.807) is 6.07 Å². The molecule has 2 unspecified atom stereocenters. The number of benzene rings is 2. The van der Waals surface area contributed by atoms with Crippen molar-refractivity contribution in [2.45, 2.75) is 18.8 Å². The lowest BCUT2D eigenvalue weighted by Crippen LogP contribution is -2.06. The van der Waals surface area contributed by atoms with Crippen LogP contribution in [0, 0.1) is 0 Å². The van der Waals surface area contributed by atoms with Crippen LogP contribution in [0.15, 0.2) is 48.5 Å². The van der Waals surface area contributed by atoms with Crippen molar-refractivity contribution < 1.29 is 19.3 Å². The average Bonchev–Trinajstić information content (AvgIpc) is 3.51. The second-order valence-corrected chi connectivity index (χ2v) is 5.83. The first-order valence-electron chi connectivity index (χ1n) is 8.15. The second-order valence-electron chi connectivity index (χ2n) is 5.83. The van der Waals surface area contributed by atoms with Gasteiger partial charge in [0.05, 0.1) is 26.4 Å². The fourth-order valence-electron chi connectivity index (χ4n) is 2.35. The lowest BCUT2D eigenvalue weighted by Gasteiger charge is -2.09. The molecular formula is C19H23NO4. The molecule has 2 fully saturated rings. The zero-order valence-electron chi connectivity index (χ0n) is 13.6. The van der Waals surface area contributed by atoms with Gasteiger partial charge in [-0.15, -0.1) is 0 Å². The topological polar surface area (TPSA) is 80.5 Å². The third-order valence-corrected chi connectivity index (χ3v) is 3.82. The highest BCUT2D eigenvalue weighted by Gasteiger charge is 2.26. The minimum absolute atomic E-state index is 0.282. The van der Waals surface area contributed by atoms with E-state index in [0.29, 0.717) is 18.8 Å². The molecule has 5 heteroatoms. The molecule has 2 aromatic carbocycles. The number of epoxide rings is 2. The maximum Gasteiger partial charge on any atom is 0.123 e. The van der Waals surface area contributed by atoms with E-state index >= 15 is 0 Å². The smallest absolute Gasteiger partial charge is 0.123 e. The van der Waals surface area contributed by atoms with Crippen molar-refractivity contribution in [3.63, 3.8) is 0 Å². The molecule has 2 aromatic rings. The van der Waals surface area contributed by atoms with Crippen molar-refractivity contribution in [3.8, 4) is 16.9 Å². The summed E-state index contributed by atoms with van der Waals surface area (Å²) in [4.78, 5) is 0. The summed E-state index contributed by atoms with van der Waals surface area (Å²) in [6, 6.07) is 15.2. The fraction of sp³-hybridized carbons (Fsp3) is 0.368. The highest BCUT2D eigenvalue weighted by atomic mass is 16.6. The van der Waals surface area contributed by atoms with Crippen LogP contribution in [-0.2, 0) is 20.8 Å². The lowest BCUT2D eigenvalue weighted by molar-refractivity contribution is 0.102. The summed E-state index contributed by atoms with van der Waals surface area (Å²) >= 11 is 0. The van der Waals surface area contributed by atoms with Crippen LogP contribution in [0.4, 0.5) is 0 Å². The van der Waals surface area contributed by atoms with Crippen LogP contribution in [0.1, 0.15) is 5.56 Å². The molecule has 2 atom stereocenters. The number of hydrogen-bond donors (Lipinski definition) is 2. The SMILES string of the molecule is C(OCC1CO1)C1CO1.NCc1cccc(O)c1-c1ccccc1. The molecule has 2 aliphatic heterocycles. The van der Waals surface area contributed by atoms with Crippen LogP contribution in [0.5, 0.6) is 5.75 Å². The van der Waals surface area contributed by atoms with Crippen molar-refractivity contribution in [1.82, 2.24) is 0 Å². The third-order valence-electron chi connectivity index (χ3n) is 3.82. The van der Waals surface area contributed by atoms with Gasteiger partial charge in [0.15, 0.2) is 0 Å². The highest BCUT2D eigenvalue weighted by molar-refractivity contribution is 5.73. The van der Waals surface area contributed by atoms with Gasteiger partial charge in [-0.25, -0.2) is 0 Å². The van der Waals surface area contributed by atoms with Gasteiger partial charge in [-0.3, -0.25) is 0 Å². The Morgan fingerprint density at radius 3 is 2.12 bits per heavy atom. The Hall–Kier alpha value is -1.92. The van der Waals surface area contributed by atoms with E-state index < -0.39 is 0 Å². The molecule has 3 N–H and O–H groups in total. The van der Waals surface area contributed by atoms with Crippen LogP contribution in [0.25, 0.3) is 11.1 Å². The maximum atomic E-state index is 9.82. The van der Waals surface area contributed by atoms with Crippen LogP contribution >= 0.6 is 0 Å². The summed E-state index contributed by atoms with van der Waals surface area (Å²) in [7, 11) is 0. The van der Waals surface area contributed by atoms with Crippen molar-refractivity contribution in [3.05, 3.63) is 54.1 Å². The average molecular weight is 329 g/mol. The van der Waals surface area contributed by atoms with Crippen LogP contribution in [0.3, 0.4) is 0 Å². The Labute approximate surface area is 142 Å². The molecule has 0 amide bonds. The first-order valence-corrected chi connectivity index (χ1v) is 8.15. The number of ether oxygens (including phenoxy) is 3. The normalized spacial score (nSPS) is 20.9.